The number of morpholine rings is 1. The van der Waals surface area contributed by atoms with Crippen LogP contribution in [0.15, 0.2) is 12.3 Å². The van der Waals surface area contributed by atoms with Crippen LogP contribution in [0.5, 0.6) is 0 Å². The predicted molar refractivity (Wildman–Crippen MR) is 95.0 cm³/mol. The van der Waals surface area contributed by atoms with Gasteiger partial charge in [0.2, 0.25) is 0 Å². The van der Waals surface area contributed by atoms with Gasteiger partial charge in [0.1, 0.15) is 5.82 Å². The van der Waals surface area contributed by atoms with Crippen molar-refractivity contribution < 1.29 is 4.74 Å². The number of likely N-dealkylation sites (tertiary alicyclic amines) is 1. The van der Waals surface area contributed by atoms with E-state index in [1.807, 2.05) is 0 Å². The van der Waals surface area contributed by atoms with Gasteiger partial charge in [-0.25, -0.2) is 4.98 Å². The Bertz CT molecular complexity index is 511. The lowest BCUT2D eigenvalue weighted by Crippen LogP contribution is -2.37. The van der Waals surface area contributed by atoms with Gasteiger partial charge in [-0.1, -0.05) is 20.3 Å². The summed E-state index contributed by atoms with van der Waals surface area (Å²) in [7, 11) is 0. The van der Waals surface area contributed by atoms with Crippen LogP contribution >= 0.6 is 0 Å². The number of piperidine rings is 1. The molecule has 0 N–H and O–H groups in total. The van der Waals surface area contributed by atoms with Gasteiger partial charge in [-0.15, -0.1) is 0 Å². The molecule has 128 valence electrons. The van der Waals surface area contributed by atoms with Gasteiger partial charge in [0.25, 0.3) is 0 Å². The number of pyridine rings is 1. The molecule has 1 atom stereocenters. The molecule has 0 bridgehead atoms. The number of hydrogen-bond acceptors (Lipinski definition) is 4. The first-order valence-electron chi connectivity index (χ1n) is 9.18. The highest BCUT2D eigenvalue weighted by atomic mass is 16.5. The predicted octanol–water partition coefficient (Wildman–Crippen LogP) is 3.41. The Balaban J connectivity index is 1.78. The van der Waals surface area contributed by atoms with Crippen LogP contribution in [0.4, 0.5) is 5.82 Å². The summed E-state index contributed by atoms with van der Waals surface area (Å²) in [6.07, 6.45) is 6.08. The topological polar surface area (TPSA) is 28.6 Å². The molecule has 0 unspecified atom stereocenters. The van der Waals surface area contributed by atoms with E-state index in [1.54, 1.807) is 0 Å². The SMILES string of the molecule is Cc1cc(N2CCOCC2)ncc1[C@H]1CCCCN1CC(C)C. The van der Waals surface area contributed by atoms with Gasteiger partial charge in [0.15, 0.2) is 0 Å². The van der Waals surface area contributed by atoms with Crippen molar-refractivity contribution >= 4 is 5.82 Å². The van der Waals surface area contributed by atoms with Crippen LogP contribution in [0.3, 0.4) is 0 Å². The van der Waals surface area contributed by atoms with Gasteiger partial charge in [0, 0.05) is 31.9 Å². The smallest absolute Gasteiger partial charge is 0.128 e. The molecular formula is C19H31N3O. The molecule has 0 saturated carbocycles. The van der Waals surface area contributed by atoms with E-state index in [2.05, 4.69) is 42.8 Å². The molecule has 23 heavy (non-hydrogen) atoms. The Kier molecular flexibility index (Phi) is 5.54. The zero-order chi connectivity index (χ0) is 16.2. The molecule has 0 spiro atoms. The molecular weight excluding hydrogens is 286 g/mol. The molecule has 3 rings (SSSR count). The minimum atomic E-state index is 0.553. The second kappa shape index (κ2) is 7.63. The summed E-state index contributed by atoms with van der Waals surface area (Å²) in [5.41, 5.74) is 2.82. The Morgan fingerprint density at radius 3 is 2.70 bits per heavy atom. The zero-order valence-electron chi connectivity index (χ0n) is 14.9. The van der Waals surface area contributed by atoms with E-state index in [0.29, 0.717) is 6.04 Å². The lowest BCUT2D eigenvalue weighted by atomic mass is 9.92. The number of aryl methyl sites for hydroxylation is 1. The van der Waals surface area contributed by atoms with Crippen molar-refractivity contribution in [2.24, 2.45) is 5.92 Å². The van der Waals surface area contributed by atoms with Crippen LogP contribution in [0, 0.1) is 12.8 Å². The maximum Gasteiger partial charge on any atom is 0.128 e. The number of aromatic nitrogens is 1. The van der Waals surface area contributed by atoms with Crippen LogP contribution in [-0.4, -0.2) is 49.3 Å². The first kappa shape index (κ1) is 16.7. The molecule has 4 heteroatoms. The van der Waals surface area contributed by atoms with Crippen molar-refractivity contribution in [3.05, 3.63) is 23.4 Å². The van der Waals surface area contributed by atoms with E-state index in [-0.39, 0.29) is 0 Å². The highest BCUT2D eigenvalue weighted by molar-refractivity contribution is 5.44. The molecule has 1 aromatic rings. The molecule has 2 aliphatic heterocycles. The Morgan fingerprint density at radius 2 is 2.00 bits per heavy atom. The van der Waals surface area contributed by atoms with E-state index in [0.717, 1.165) is 38.0 Å². The Morgan fingerprint density at radius 1 is 1.22 bits per heavy atom. The van der Waals surface area contributed by atoms with Crippen molar-refractivity contribution in [3.8, 4) is 0 Å². The van der Waals surface area contributed by atoms with Crippen molar-refractivity contribution in [1.29, 1.82) is 0 Å². The molecule has 1 aromatic heterocycles. The summed E-state index contributed by atoms with van der Waals surface area (Å²) in [4.78, 5) is 9.81. The van der Waals surface area contributed by atoms with Crippen molar-refractivity contribution in [2.75, 3.05) is 44.3 Å². The molecule has 2 saturated heterocycles. The largest absolute Gasteiger partial charge is 0.378 e. The first-order valence-corrected chi connectivity index (χ1v) is 9.18. The summed E-state index contributed by atoms with van der Waals surface area (Å²) in [5.74, 6) is 1.83. The quantitative estimate of drug-likeness (QED) is 0.851. The fourth-order valence-corrected chi connectivity index (χ4v) is 3.90. The molecule has 3 heterocycles. The minimum Gasteiger partial charge on any atom is -0.378 e. The van der Waals surface area contributed by atoms with Crippen LogP contribution in [0.1, 0.15) is 50.3 Å². The second-order valence-electron chi connectivity index (χ2n) is 7.40. The summed E-state index contributed by atoms with van der Waals surface area (Å²) in [5, 5.41) is 0. The summed E-state index contributed by atoms with van der Waals surface area (Å²) in [6.45, 7) is 12.8. The highest BCUT2D eigenvalue weighted by Crippen LogP contribution is 2.33. The lowest BCUT2D eigenvalue weighted by molar-refractivity contribution is 0.122. The van der Waals surface area contributed by atoms with E-state index < -0.39 is 0 Å². The number of rotatable bonds is 4. The zero-order valence-corrected chi connectivity index (χ0v) is 14.9. The van der Waals surface area contributed by atoms with E-state index in [9.17, 15) is 0 Å². The number of nitrogens with zero attached hydrogens (tertiary/aromatic N) is 3. The van der Waals surface area contributed by atoms with Gasteiger partial charge in [-0.05, 0) is 49.4 Å². The monoisotopic (exact) mass is 317 g/mol. The molecule has 2 fully saturated rings. The fraction of sp³-hybridized carbons (Fsp3) is 0.737. The van der Waals surface area contributed by atoms with Crippen LogP contribution in [-0.2, 0) is 4.74 Å². The summed E-state index contributed by atoms with van der Waals surface area (Å²) < 4.78 is 5.45. The van der Waals surface area contributed by atoms with Gasteiger partial charge in [0.05, 0.1) is 13.2 Å². The molecule has 0 radical (unpaired) electrons. The molecule has 2 aliphatic rings. The fourth-order valence-electron chi connectivity index (χ4n) is 3.90. The van der Waals surface area contributed by atoms with E-state index in [4.69, 9.17) is 9.72 Å². The number of hydrogen-bond donors (Lipinski definition) is 0. The number of ether oxygens (including phenoxy) is 1. The van der Waals surface area contributed by atoms with Crippen molar-refractivity contribution in [1.82, 2.24) is 9.88 Å². The van der Waals surface area contributed by atoms with E-state index in [1.165, 1.54) is 43.5 Å². The maximum atomic E-state index is 5.45. The minimum absolute atomic E-state index is 0.553. The van der Waals surface area contributed by atoms with Crippen LogP contribution in [0.25, 0.3) is 0 Å². The number of anilines is 1. The van der Waals surface area contributed by atoms with Crippen molar-refractivity contribution in [3.63, 3.8) is 0 Å². The van der Waals surface area contributed by atoms with Gasteiger partial charge < -0.3 is 9.64 Å². The molecule has 4 nitrogen and oxygen atoms in total. The van der Waals surface area contributed by atoms with Gasteiger partial charge in [-0.2, -0.15) is 0 Å². The third-order valence-electron chi connectivity index (χ3n) is 5.04. The maximum absolute atomic E-state index is 5.45. The molecule has 0 aromatic carbocycles. The standard InChI is InChI=1S/C19H31N3O/c1-15(2)14-22-7-5-4-6-18(22)17-13-20-19(12-16(17)3)21-8-10-23-11-9-21/h12-13,15,18H,4-11,14H2,1-3H3/t18-/m1/s1. The van der Waals surface area contributed by atoms with E-state index >= 15 is 0 Å². The normalized spacial score (nSPS) is 23.5. The first-order chi connectivity index (χ1) is 11.1. The molecule has 0 aliphatic carbocycles. The molecule has 0 amide bonds. The highest BCUT2D eigenvalue weighted by Gasteiger charge is 2.26. The lowest BCUT2D eigenvalue weighted by Gasteiger charge is -2.38. The van der Waals surface area contributed by atoms with Crippen molar-refractivity contribution in [2.45, 2.75) is 46.1 Å². The summed E-state index contributed by atoms with van der Waals surface area (Å²) in [6, 6.07) is 2.83. The van der Waals surface area contributed by atoms with Gasteiger partial charge >= 0.3 is 0 Å². The average Bonchev–Trinajstić information content (AvgIpc) is 2.56. The third kappa shape index (κ3) is 4.04. The average molecular weight is 317 g/mol. The second-order valence-corrected chi connectivity index (χ2v) is 7.40. The van der Waals surface area contributed by atoms with Crippen LogP contribution < -0.4 is 4.90 Å². The Hall–Kier alpha value is -1.13. The van der Waals surface area contributed by atoms with Crippen LogP contribution in [0.2, 0.25) is 0 Å². The summed E-state index contributed by atoms with van der Waals surface area (Å²) >= 11 is 0. The van der Waals surface area contributed by atoms with Gasteiger partial charge in [-0.3, -0.25) is 4.90 Å². The Labute approximate surface area is 140 Å². The third-order valence-corrected chi connectivity index (χ3v) is 5.04.